The molecule has 0 aromatic heterocycles. The van der Waals surface area contributed by atoms with Crippen LogP contribution in [0.4, 0.5) is 0 Å². The molecule has 0 fully saturated rings. The van der Waals surface area contributed by atoms with Crippen molar-refractivity contribution in [3.8, 4) is 5.75 Å². The van der Waals surface area contributed by atoms with Gasteiger partial charge in [0.05, 0.1) is 0 Å². The van der Waals surface area contributed by atoms with E-state index in [2.05, 4.69) is 35.1 Å². The number of rotatable bonds is 6. The van der Waals surface area contributed by atoms with E-state index in [1.807, 2.05) is 32.0 Å². The number of halogens is 1. The van der Waals surface area contributed by atoms with Crippen LogP contribution in [0.2, 0.25) is 0 Å². The first-order chi connectivity index (χ1) is 9.31. The Labute approximate surface area is 129 Å². The number of hydrogen-bond acceptors (Lipinski definition) is 3. The third-order valence-corrected chi connectivity index (χ3v) is 3.71. The summed E-state index contributed by atoms with van der Waals surface area (Å²) in [5, 5.41) is 2.91. The summed E-state index contributed by atoms with van der Waals surface area (Å²) in [6.45, 7) is 7.99. The van der Waals surface area contributed by atoms with Crippen molar-refractivity contribution in [1.29, 1.82) is 0 Å². The molecule has 0 radical (unpaired) electrons. The van der Waals surface area contributed by atoms with Crippen molar-refractivity contribution in [3.63, 3.8) is 0 Å². The molecule has 1 aromatic rings. The van der Waals surface area contributed by atoms with Gasteiger partial charge in [-0.25, -0.2) is 0 Å². The van der Waals surface area contributed by atoms with E-state index in [-0.39, 0.29) is 24.6 Å². The second-order valence-electron chi connectivity index (χ2n) is 5.36. The second-order valence-corrected chi connectivity index (χ2v) is 6.28. The van der Waals surface area contributed by atoms with Crippen LogP contribution in [0, 0.1) is 5.92 Å². The molecular formula is C15H23BrN2O2. The maximum atomic E-state index is 11.8. The molecule has 0 spiro atoms. The van der Waals surface area contributed by atoms with Gasteiger partial charge >= 0.3 is 0 Å². The Bertz CT molecular complexity index is 461. The molecule has 3 N–H and O–H groups in total. The molecule has 0 heterocycles. The van der Waals surface area contributed by atoms with Crippen LogP contribution in [-0.4, -0.2) is 18.6 Å². The van der Waals surface area contributed by atoms with Gasteiger partial charge in [-0.3, -0.25) is 4.79 Å². The molecule has 5 heteroatoms. The van der Waals surface area contributed by atoms with Crippen molar-refractivity contribution in [2.24, 2.45) is 11.7 Å². The van der Waals surface area contributed by atoms with Gasteiger partial charge < -0.3 is 15.8 Å². The first-order valence-corrected chi connectivity index (χ1v) is 7.57. The van der Waals surface area contributed by atoms with Gasteiger partial charge in [0, 0.05) is 22.1 Å². The molecule has 2 atom stereocenters. The minimum Gasteiger partial charge on any atom is -0.483 e. The van der Waals surface area contributed by atoms with E-state index < -0.39 is 0 Å². The number of ether oxygens (including phenoxy) is 1. The Balaban J connectivity index is 2.65. The number of nitrogens with one attached hydrogen (secondary N) is 1. The average molecular weight is 343 g/mol. The van der Waals surface area contributed by atoms with Crippen LogP contribution < -0.4 is 15.8 Å². The fourth-order valence-corrected chi connectivity index (χ4v) is 1.96. The third kappa shape index (κ3) is 5.13. The molecule has 0 aliphatic rings. The lowest BCUT2D eigenvalue weighted by molar-refractivity contribution is -0.124. The summed E-state index contributed by atoms with van der Waals surface area (Å²) in [6.07, 6.45) is 0. The van der Waals surface area contributed by atoms with Crippen LogP contribution >= 0.6 is 15.9 Å². The van der Waals surface area contributed by atoms with E-state index in [9.17, 15) is 4.79 Å². The van der Waals surface area contributed by atoms with Gasteiger partial charge in [0.1, 0.15) is 5.75 Å². The van der Waals surface area contributed by atoms with Crippen LogP contribution in [0.5, 0.6) is 5.75 Å². The first-order valence-electron chi connectivity index (χ1n) is 6.78. The zero-order chi connectivity index (χ0) is 15.3. The number of carbonyl (C=O) groups excluding carboxylic acids is 1. The molecule has 1 amide bonds. The maximum absolute atomic E-state index is 11.8. The van der Waals surface area contributed by atoms with E-state index in [4.69, 9.17) is 10.5 Å². The van der Waals surface area contributed by atoms with Gasteiger partial charge in [0.25, 0.3) is 5.91 Å². The summed E-state index contributed by atoms with van der Waals surface area (Å²) in [7, 11) is 0. The summed E-state index contributed by atoms with van der Waals surface area (Å²) < 4.78 is 6.50. The lowest BCUT2D eigenvalue weighted by atomic mass is 10.1. The predicted molar refractivity (Wildman–Crippen MR) is 84.7 cm³/mol. The zero-order valence-electron chi connectivity index (χ0n) is 12.4. The second kappa shape index (κ2) is 7.64. The third-order valence-electron chi connectivity index (χ3n) is 3.21. The Morgan fingerprint density at radius 3 is 2.55 bits per heavy atom. The van der Waals surface area contributed by atoms with Crippen LogP contribution in [0.3, 0.4) is 0 Å². The fraction of sp³-hybridized carbons (Fsp3) is 0.533. The highest BCUT2D eigenvalue weighted by atomic mass is 79.9. The smallest absolute Gasteiger partial charge is 0.258 e. The van der Waals surface area contributed by atoms with Crippen molar-refractivity contribution >= 4 is 21.8 Å². The molecule has 0 saturated carbocycles. The maximum Gasteiger partial charge on any atom is 0.258 e. The Morgan fingerprint density at radius 2 is 2.00 bits per heavy atom. The SMILES string of the molecule is CC(C)C(C)NC(=O)COc1cc(Br)ccc1[C@@H](C)N. The first kappa shape index (κ1) is 17.0. The van der Waals surface area contributed by atoms with Gasteiger partial charge in [0.2, 0.25) is 0 Å². The number of nitrogens with two attached hydrogens (primary N) is 1. The van der Waals surface area contributed by atoms with Crippen molar-refractivity contribution in [1.82, 2.24) is 5.32 Å². The highest BCUT2D eigenvalue weighted by molar-refractivity contribution is 9.10. The summed E-state index contributed by atoms with van der Waals surface area (Å²) in [6, 6.07) is 5.63. The van der Waals surface area contributed by atoms with E-state index in [1.54, 1.807) is 0 Å². The molecule has 0 aliphatic carbocycles. The van der Waals surface area contributed by atoms with Gasteiger partial charge in [-0.15, -0.1) is 0 Å². The number of amides is 1. The zero-order valence-corrected chi connectivity index (χ0v) is 14.0. The quantitative estimate of drug-likeness (QED) is 0.835. The Morgan fingerprint density at radius 1 is 1.35 bits per heavy atom. The largest absolute Gasteiger partial charge is 0.483 e. The predicted octanol–water partition coefficient (Wildman–Crippen LogP) is 3.01. The number of carbonyl (C=O) groups is 1. The van der Waals surface area contributed by atoms with E-state index >= 15 is 0 Å². The normalized spacial score (nSPS) is 13.9. The highest BCUT2D eigenvalue weighted by Crippen LogP contribution is 2.27. The number of hydrogen-bond donors (Lipinski definition) is 2. The van der Waals surface area contributed by atoms with Crippen molar-refractivity contribution < 1.29 is 9.53 Å². The van der Waals surface area contributed by atoms with Crippen LogP contribution in [0.15, 0.2) is 22.7 Å². The fourth-order valence-electron chi connectivity index (χ4n) is 1.61. The lowest BCUT2D eigenvalue weighted by Crippen LogP contribution is -2.39. The van der Waals surface area contributed by atoms with Crippen molar-refractivity contribution in [2.45, 2.75) is 39.8 Å². The highest BCUT2D eigenvalue weighted by Gasteiger charge is 2.13. The Hall–Kier alpha value is -1.07. The van der Waals surface area contributed by atoms with Crippen LogP contribution in [0.1, 0.15) is 39.3 Å². The van der Waals surface area contributed by atoms with Crippen LogP contribution in [0.25, 0.3) is 0 Å². The molecule has 0 bridgehead atoms. The lowest BCUT2D eigenvalue weighted by Gasteiger charge is -2.18. The van der Waals surface area contributed by atoms with E-state index in [1.165, 1.54) is 0 Å². The molecule has 1 unspecified atom stereocenters. The van der Waals surface area contributed by atoms with Crippen molar-refractivity contribution in [3.05, 3.63) is 28.2 Å². The molecule has 112 valence electrons. The van der Waals surface area contributed by atoms with Crippen molar-refractivity contribution in [2.75, 3.05) is 6.61 Å². The Kier molecular flexibility index (Phi) is 6.49. The van der Waals surface area contributed by atoms with Gasteiger partial charge in [0.15, 0.2) is 6.61 Å². The average Bonchev–Trinajstić information content (AvgIpc) is 2.35. The summed E-state index contributed by atoms with van der Waals surface area (Å²) in [5.74, 6) is 0.910. The summed E-state index contributed by atoms with van der Waals surface area (Å²) >= 11 is 3.39. The van der Waals surface area contributed by atoms with E-state index in [0.717, 1.165) is 10.0 Å². The number of benzene rings is 1. The van der Waals surface area contributed by atoms with Gasteiger partial charge in [-0.05, 0) is 31.9 Å². The topological polar surface area (TPSA) is 64.3 Å². The molecule has 1 rings (SSSR count). The molecule has 1 aromatic carbocycles. The minimum absolute atomic E-state index is 0.00671. The molecule has 4 nitrogen and oxygen atoms in total. The molecule has 0 saturated heterocycles. The minimum atomic E-state index is -0.143. The molecule has 0 aliphatic heterocycles. The molecule has 20 heavy (non-hydrogen) atoms. The standard InChI is InChI=1S/C15H23BrN2O2/c1-9(2)11(4)18-15(19)8-20-14-7-12(16)5-6-13(14)10(3)17/h5-7,9-11H,8,17H2,1-4H3,(H,18,19)/t10-,11?/m1/s1. The molecular weight excluding hydrogens is 320 g/mol. The summed E-state index contributed by atoms with van der Waals surface area (Å²) in [4.78, 5) is 11.8. The van der Waals surface area contributed by atoms with Crippen LogP contribution in [-0.2, 0) is 4.79 Å². The van der Waals surface area contributed by atoms with E-state index in [0.29, 0.717) is 11.7 Å². The van der Waals surface area contributed by atoms with Gasteiger partial charge in [-0.2, -0.15) is 0 Å². The van der Waals surface area contributed by atoms with Gasteiger partial charge in [-0.1, -0.05) is 35.8 Å². The monoisotopic (exact) mass is 342 g/mol. The summed E-state index contributed by atoms with van der Waals surface area (Å²) in [5.41, 5.74) is 6.78.